The van der Waals surface area contributed by atoms with Gasteiger partial charge in [-0.15, -0.1) is 0 Å². The second-order valence-electron chi connectivity index (χ2n) is 5.90. The van der Waals surface area contributed by atoms with Crippen LogP contribution < -0.4 is 5.73 Å². The summed E-state index contributed by atoms with van der Waals surface area (Å²) in [6, 6.07) is 5.62. The topological polar surface area (TPSA) is 64.9 Å². The van der Waals surface area contributed by atoms with Crippen LogP contribution in [0.2, 0.25) is 5.02 Å². The Balaban J connectivity index is 1.94. The van der Waals surface area contributed by atoms with Crippen LogP contribution in [0.5, 0.6) is 0 Å². The van der Waals surface area contributed by atoms with Gasteiger partial charge in [-0.1, -0.05) is 36.5 Å². The fraction of sp³-hybridized carbons (Fsp3) is 0.467. The van der Waals surface area contributed by atoms with Crippen LogP contribution in [0.1, 0.15) is 38.4 Å². The first-order valence-corrected chi connectivity index (χ1v) is 8.52. The van der Waals surface area contributed by atoms with Crippen LogP contribution in [0.15, 0.2) is 22.7 Å². The number of nitrogens with two attached hydrogens (primary N) is 1. The van der Waals surface area contributed by atoms with E-state index >= 15 is 0 Å². The second-order valence-corrected chi connectivity index (χ2v) is 7.50. The average molecular weight is 418 g/mol. The lowest BCUT2D eigenvalue weighted by Crippen LogP contribution is -2.42. The molecule has 1 aromatic carbocycles. The van der Waals surface area contributed by atoms with Crippen molar-refractivity contribution in [1.29, 1.82) is 0 Å². The fourth-order valence-electron chi connectivity index (χ4n) is 2.99. The summed E-state index contributed by atoms with van der Waals surface area (Å²) in [4.78, 5) is 4.55. The Labute approximate surface area is 142 Å². The van der Waals surface area contributed by atoms with Gasteiger partial charge in [-0.25, -0.2) is 0 Å². The quantitative estimate of drug-likeness (QED) is 0.738. The molecule has 0 aliphatic heterocycles. The zero-order valence-corrected chi connectivity index (χ0v) is 14.7. The van der Waals surface area contributed by atoms with E-state index in [9.17, 15) is 0 Å². The molecule has 21 heavy (non-hydrogen) atoms. The van der Waals surface area contributed by atoms with Crippen molar-refractivity contribution < 1.29 is 4.52 Å². The van der Waals surface area contributed by atoms with Crippen LogP contribution >= 0.6 is 34.2 Å². The van der Waals surface area contributed by atoms with Gasteiger partial charge in [-0.3, -0.25) is 0 Å². The number of hydrogen-bond donors (Lipinski definition) is 1. The fourth-order valence-corrected chi connectivity index (χ4v) is 3.73. The van der Waals surface area contributed by atoms with Gasteiger partial charge in [0.2, 0.25) is 0 Å². The molecule has 2 N–H and O–H groups in total. The summed E-state index contributed by atoms with van der Waals surface area (Å²) in [5, 5.41) is 4.79. The molecule has 112 valence electrons. The predicted molar refractivity (Wildman–Crippen MR) is 91.0 cm³/mol. The molecule has 2 atom stereocenters. The lowest BCUT2D eigenvalue weighted by atomic mass is 9.76. The Morgan fingerprint density at radius 1 is 1.48 bits per heavy atom. The molecule has 1 saturated carbocycles. The van der Waals surface area contributed by atoms with Gasteiger partial charge in [0.25, 0.3) is 5.89 Å². The Bertz CT molecular complexity index is 660. The van der Waals surface area contributed by atoms with Gasteiger partial charge in [-0.2, -0.15) is 4.98 Å². The Morgan fingerprint density at radius 3 is 3.05 bits per heavy atom. The van der Waals surface area contributed by atoms with Crippen molar-refractivity contribution in [2.24, 2.45) is 11.7 Å². The van der Waals surface area contributed by atoms with E-state index in [0.717, 1.165) is 28.4 Å². The molecule has 6 heteroatoms. The lowest BCUT2D eigenvalue weighted by Gasteiger charge is -2.33. The average Bonchev–Trinajstić information content (AvgIpc) is 2.91. The van der Waals surface area contributed by atoms with Crippen molar-refractivity contribution in [3.63, 3.8) is 0 Å². The van der Waals surface area contributed by atoms with Crippen LogP contribution in [0.4, 0.5) is 0 Å². The molecule has 1 heterocycles. The molecule has 3 rings (SSSR count). The molecule has 0 spiro atoms. The highest BCUT2D eigenvalue weighted by atomic mass is 127. The lowest BCUT2D eigenvalue weighted by molar-refractivity contribution is 0.222. The summed E-state index contributed by atoms with van der Waals surface area (Å²) < 4.78 is 6.46. The number of rotatable bonds is 2. The van der Waals surface area contributed by atoms with Gasteiger partial charge < -0.3 is 10.3 Å². The summed E-state index contributed by atoms with van der Waals surface area (Å²) in [5.41, 5.74) is 6.90. The normalized spacial score (nSPS) is 26.0. The van der Waals surface area contributed by atoms with Crippen molar-refractivity contribution in [2.75, 3.05) is 0 Å². The summed E-state index contributed by atoms with van der Waals surface area (Å²) in [6.45, 7) is 2.22. The number of aromatic nitrogens is 2. The third-order valence-corrected chi connectivity index (χ3v) is 5.24. The van der Waals surface area contributed by atoms with Crippen molar-refractivity contribution >= 4 is 34.2 Å². The monoisotopic (exact) mass is 417 g/mol. The molecule has 1 aliphatic rings. The van der Waals surface area contributed by atoms with Gasteiger partial charge in [0.1, 0.15) is 0 Å². The molecule has 0 saturated heterocycles. The highest BCUT2D eigenvalue weighted by Gasteiger charge is 2.37. The molecule has 0 amide bonds. The minimum Gasteiger partial charge on any atom is -0.334 e. The van der Waals surface area contributed by atoms with E-state index in [-0.39, 0.29) is 0 Å². The van der Waals surface area contributed by atoms with E-state index in [4.69, 9.17) is 21.9 Å². The van der Waals surface area contributed by atoms with Crippen LogP contribution in [-0.4, -0.2) is 10.1 Å². The summed E-state index contributed by atoms with van der Waals surface area (Å²) in [5.74, 6) is 1.69. The van der Waals surface area contributed by atoms with Gasteiger partial charge in [0, 0.05) is 8.59 Å². The minimum absolute atomic E-state index is 0.469. The summed E-state index contributed by atoms with van der Waals surface area (Å²) in [7, 11) is 0. The summed E-state index contributed by atoms with van der Waals surface area (Å²) in [6.07, 6.45) is 4.13. The van der Waals surface area contributed by atoms with E-state index in [1.807, 2.05) is 18.2 Å². The smallest absolute Gasteiger partial charge is 0.259 e. The molecular weight excluding hydrogens is 401 g/mol. The second kappa shape index (κ2) is 5.85. The van der Waals surface area contributed by atoms with E-state index in [1.54, 1.807) is 0 Å². The number of nitrogens with zero attached hydrogens (tertiary/aromatic N) is 2. The van der Waals surface area contributed by atoms with Crippen LogP contribution in [0.25, 0.3) is 11.5 Å². The Kier molecular flexibility index (Phi) is 4.25. The predicted octanol–water partition coefficient (Wildman–Crippen LogP) is 4.36. The Morgan fingerprint density at radius 2 is 2.29 bits per heavy atom. The molecule has 1 aromatic heterocycles. The van der Waals surface area contributed by atoms with Crippen molar-refractivity contribution in [1.82, 2.24) is 10.1 Å². The van der Waals surface area contributed by atoms with Crippen molar-refractivity contribution in [3.8, 4) is 11.5 Å². The van der Waals surface area contributed by atoms with E-state index in [0.29, 0.717) is 22.7 Å². The molecule has 0 radical (unpaired) electrons. The zero-order chi connectivity index (χ0) is 15.0. The zero-order valence-electron chi connectivity index (χ0n) is 11.8. The van der Waals surface area contributed by atoms with E-state index in [2.05, 4.69) is 39.7 Å². The third-order valence-electron chi connectivity index (χ3n) is 4.06. The highest BCUT2D eigenvalue weighted by Crippen LogP contribution is 2.37. The first-order valence-electron chi connectivity index (χ1n) is 7.06. The number of hydrogen-bond acceptors (Lipinski definition) is 4. The third kappa shape index (κ3) is 3.10. The maximum absolute atomic E-state index is 6.52. The largest absolute Gasteiger partial charge is 0.334 e. The SMILES string of the molecule is CC1CCCC(N)(c2noc(-c3cc(Cl)ccc3I)n2)C1. The van der Waals surface area contributed by atoms with Crippen molar-refractivity contribution in [2.45, 2.75) is 38.1 Å². The van der Waals surface area contributed by atoms with E-state index < -0.39 is 5.54 Å². The minimum atomic E-state index is -0.469. The number of benzene rings is 1. The van der Waals surface area contributed by atoms with Gasteiger partial charge >= 0.3 is 0 Å². The van der Waals surface area contributed by atoms with Crippen LogP contribution in [0.3, 0.4) is 0 Å². The molecule has 2 unspecified atom stereocenters. The molecule has 1 aliphatic carbocycles. The van der Waals surface area contributed by atoms with Crippen LogP contribution in [-0.2, 0) is 5.54 Å². The molecule has 1 fully saturated rings. The van der Waals surface area contributed by atoms with E-state index in [1.165, 1.54) is 6.42 Å². The highest BCUT2D eigenvalue weighted by molar-refractivity contribution is 14.1. The first kappa shape index (κ1) is 15.2. The summed E-state index contributed by atoms with van der Waals surface area (Å²) >= 11 is 8.28. The Hall–Kier alpha value is -0.660. The number of halogens is 2. The molecule has 0 bridgehead atoms. The molecular formula is C15H17ClIN3O. The van der Waals surface area contributed by atoms with Gasteiger partial charge in [0.15, 0.2) is 5.82 Å². The van der Waals surface area contributed by atoms with Crippen LogP contribution in [0, 0.1) is 9.49 Å². The molecule has 4 nitrogen and oxygen atoms in total. The standard InChI is InChI=1S/C15H17ClIN3O/c1-9-3-2-6-15(18,8-9)14-19-13(21-20-14)11-7-10(16)4-5-12(11)17/h4-5,7,9H,2-3,6,8,18H2,1H3. The van der Waals surface area contributed by atoms with Gasteiger partial charge in [-0.05, 0) is 59.5 Å². The maximum atomic E-state index is 6.52. The maximum Gasteiger partial charge on any atom is 0.259 e. The molecule has 2 aromatic rings. The first-order chi connectivity index (χ1) is 9.98. The van der Waals surface area contributed by atoms with Crippen molar-refractivity contribution in [3.05, 3.63) is 32.6 Å². The van der Waals surface area contributed by atoms with Gasteiger partial charge in [0.05, 0.1) is 11.1 Å².